The first-order valence-corrected chi connectivity index (χ1v) is 8.40. The van der Waals surface area contributed by atoms with Gasteiger partial charge < -0.3 is 14.5 Å². The van der Waals surface area contributed by atoms with Crippen molar-refractivity contribution in [2.24, 2.45) is 0 Å². The average Bonchev–Trinajstić information content (AvgIpc) is 3.05. The molecule has 6 nitrogen and oxygen atoms in total. The van der Waals surface area contributed by atoms with Gasteiger partial charge in [0.05, 0.1) is 19.3 Å². The zero-order chi connectivity index (χ0) is 16.8. The molecule has 1 amide bonds. The van der Waals surface area contributed by atoms with Gasteiger partial charge in [0.1, 0.15) is 0 Å². The molecule has 1 fully saturated rings. The standard InChI is InChI=1S/C18H23N3O3/c1-2-23-18(22)20-15-9-6-10-21(12-15)13-17-19-11-16(24-17)14-7-4-3-5-8-14/h3-5,7-8,11,15H,2,6,9-10,12-13H2,1H3,(H,20,22). The number of rotatable bonds is 5. The van der Waals surface area contributed by atoms with Crippen molar-refractivity contribution in [2.75, 3.05) is 19.7 Å². The van der Waals surface area contributed by atoms with Gasteiger partial charge in [-0.05, 0) is 26.3 Å². The molecule has 1 N–H and O–H groups in total. The predicted molar refractivity (Wildman–Crippen MR) is 90.4 cm³/mol. The van der Waals surface area contributed by atoms with E-state index < -0.39 is 0 Å². The maximum absolute atomic E-state index is 11.6. The summed E-state index contributed by atoms with van der Waals surface area (Å²) in [5.74, 6) is 1.48. The number of carbonyl (C=O) groups is 1. The number of amides is 1. The molecule has 2 aromatic rings. The molecule has 0 bridgehead atoms. The number of carbonyl (C=O) groups excluding carboxylic acids is 1. The van der Waals surface area contributed by atoms with E-state index >= 15 is 0 Å². The summed E-state index contributed by atoms with van der Waals surface area (Å²) in [4.78, 5) is 18.2. The molecular weight excluding hydrogens is 306 g/mol. The van der Waals surface area contributed by atoms with Gasteiger partial charge in [0, 0.05) is 18.2 Å². The second-order valence-corrected chi connectivity index (χ2v) is 5.92. The Kier molecular flexibility index (Phi) is 5.48. The molecule has 1 saturated heterocycles. The second-order valence-electron chi connectivity index (χ2n) is 5.92. The number of alkyl carbamates (subject to hydrolysis) is 1. The fourth-order valence-electron chi connectivity index (χ4n) is 2.97. The molecule has 0 saturated carbocycles. The molecule has 0 spiro atoms. The molecule has 1 aromatic carbocycles. The zero-order valence-electron chi connectivity index (χ0n) is 13.9. The van der Waals surface area contributed by atoms with Crippen LogP contribution in [0, 0.1) is 0 Å². The summed E-state index contributed by atoms with van der Waals surface area (Å²) >= 11 is 0. The number of nitrogens with zero attached hydrogens (tertiary/aromatic N) is 2. The number of likely N-dealkylation sites (tertiary alicyclic amines) is 1. The smallest absolute Gasteiger partial charge is 0.407 e. The van der Waals surface area contributed by atoms with Gasteiger partial charge in [0.2, 0.25) is 5.89 Å². The minimum atomic E-state index is -0.341. The van der Waals surface area contributed by atoms with Crippen molar-refractivity contribution in [2.45, 2.75) is 32.4 Å². The summed E-state index contributed by atoms with van der Waals surface area (Å²) in [6.07, 6.45) is 3.43. The Balaban J connectivity index is 1.56. The van der Waals surface area contributed by atoms with Gasteiger partial charge in [0.15, 0.2) is 5.76 Å². The summed E-state index contributed by atoms with van der Waals surface area (Å²) in [6.45, 7) is 4.60. The minimum Gasteiger partial charge on any atom is -0.450 e. The molecule has 1 aliphatic heterocycles. The normalized spacial score (nSPS) is 18.3. The summed E-state index contributed by atoms with van der Waals surface area (Å²) in [5.41, 5.74) is 1.02. The van der Waals surface area contributed by atoms with E-state index in [4.69, 9.17) is 9.15 Å². The number of aromatic nitrogens is 1. The van der Waals surface area contributed by atoms with Crippen molar-refractivity contribution in [3.05, 3.63) is 42.4 Å². The summed E-state index contributed by atoms with van der Waals surface area (Å²) in [6, 6.07) is 10.1. The number of benzene rings is 1. The summed E-state index contributed by atoms with van der Waals surface area (Å²) in [7, 11) is 0. The van der Waals surface area contributed by atoms with Crippen molar-refractivity contribution < 1.29 is 13.9 Å². The van der Waals surface area contributed by atoms with E-state index in [9.17, 15) is 4.79 Å². The number of hydrogen-bond donors (Lipinski definition) is 1. The lowest BCUT2D eigenvalue weighted by atomic mass is 10.1. The van der Waals surface area contributed by atoms with Crippen LogP contribution in [0.3, 0.4) is 0 Å². The van der Waals surface area contributed by atoms with Gasteiger partial charge in [-0.25, -0.2) is 9.78 Å². The average molecular weight is 329 g/mol. The highest BCUT2D eigenvalue weighted by Crippen LogP contribution is 2.21. The number of hydrogen-bond acceptors (Lipinski definition) is 5. The fraction of sp³-hybridized carbons (Fsp3) is 0.444. The highest BCUT2D eigenvalue weighted by molar-refractivity contribution is 5.67. The molecule has 1 aromatic heterocycles. The lowest BCUT2D eigenvalue weighted by Crippen LogP contribution is -2.47. The lowest BCUT2D eigenvalue weighted by molar-refractivity contribution is 0.130. The van der Waals surface area contributed by atoms with E-state index in [0.29, 0.717) is 19.0 Å². The molecule has 1 aliphatic rings. The molecule has 6 heteroatoms. The summed E-state index contributed by atoms with van der Waals surface area (Å²) in [5, 5.41) is 2.91. The van der Waals surface area contributed by atoms with Crippen LogP contribution in [-0.2, 0) is 11.3 Å². The number of nitrogens with one attached hydrogen (secondary N) is 1. The van der Waals surface area contributed by atoms with Crippen molar-refractivity contribution in [1.29, 1.82) is 0 Å². The van der Waals surface area contributed by atoms with Crippen molar-refractivity contribution in [3.8, 4) is 11.3 Å². The van der Waals surface area contributed by atoms with Crippen LogP contribution >= 0.6 is 0 Å². The Morgan fingerprint density at radius 2 is 2.25 bits per heavy atom. The van der Waals surface area contributed by atoms with Crippen LogP contribution in [0.5, 0.6) is 0 Å². The van der Waals surface area contributed by atoms with E-state index in [1.165, 1.54) is 0 Å². The lowest BCUT2D eigenvalue weighted by Gasteiger charge is -2.31. The van der Waals surface area contributed by atoms with Crippen LogP contribution < -0.4 is 5.32 Å². The van der Waals surface area contributed by atoms with Crippen molar-refractivity contribution >= 4 is 6.09 Å². The van der Waals surface area contributed by atoms with Crippen LogP contribution in [0.1, 0.15) is 25.7 Å². The Labute approximate surface area is 141 Å². The maximum Gasteiger partial charge on any atom is 0.407 e. The number of ether oxygens (including phenoxy) is 1. The molecular formula is C18H23N3O3. The van der Waals surface area contributed by atoms with Crippen LogP contribution in [0.15, 0.2) is 40.9 Å². The fourth-order valence-corrected chi connectivity index (χ4v) is 2.97. The van der Waals surface area contributed by atoms with E-state index in [1.807, 2.05) is 30.3 Å². The summed E-state index contributed by atoms with van der Waals surface area (Å²) < 4.78 is 10.8. The minimum absolute atomic E-state index is 0.112. The molecule has 24 heavy (non-hydrogen) atoms. The van der Waals surface area contributed by atoms with Crippen molar-refractivity contribution in [3.63, 3.8) is 0 Å². The third-order valence-corrected chi connectivity index (χ3v) is 4.07. The van der Waals surface area contributed by atoms with Crippen molar-refractivity contribution in [1.82, 2.24) is 15.2 Å². The van der Waals surface area contributed by atoms with E-state index in [-0.39, 0.29) is 12.1 Å². The largest absolute Gasteiger partial charge is 0.450 e. The third kappa shape index (κ3) is 4.35. The first-order valence-electron chi connectivity index (χ1n) is 8.40. The van der Waals surface area contributed by atoms with Crippen LogP contribution in [0.4, 0.5) is 4.79 Å². The Morgan fingerprint density at radius 3 is 3.04 bits per heavy atom. The quantitative estimate of drug-likeness (QED) is 0.913. The SMILES string of the molecule is CCOC(=O)NC1CCCN(Cc2ncc(-c3ccccc3)o2)C1. The predicted octanol–water partition coefficient (Wildman–Crippen LogP) is 3.05. The molecule has 3 rings (SSSR count). The molecule has 1 atom stereocenters. The van der Waals surface area contributed by atoms with Gasteiger partial charge >= 0.3 is 6.09 Å². The molecule has 0 radical (unpaired) electrons. The monoisotopic (exact) mass is 329 g/mol. The topological polar surface area (TPSA) is 67.6 Å². The first-order chi connectivity index (χ1) is 11.7. The number of piperidine rings is 1. The van der Waals surface area contributed by atoms with E-state index in [0.717, 1.165) is 37.3 Å². The number of oxazole rings is 1. The maximum atomic E-state index is 11.6. The van der Waals surface area contributed by atoms with Crippen LogP contribution in [0.2, 0.25) is 0 Å². The zero-order valence-corrected chi connectivity index (χ0v) is 13.9. The van der Waals surface area contributed by atoms with E-state index in [2.05, 4.69) is 15.2 Å². The Bertz CT molecular complexity index is 657. The second kappa shape index (κ2) is 7.97. The Hall–Kier alpha value is -2.34. The highest BCUT2D eigenvalue weighted by atomic mass is 16.5. The van der Waals surface area contributed by atoms with Crippen LogP contribution in [-0.4, -0.2) is 41.7 Å². The van der Waals surface area contributed by atoms with Crippen LogP contribution in [0.25, 0.3) is 11.3 Å². The molecule has 1 unspecified atom stereocenters. The Morgan fingerprint density at radius 1 is 1.42 bits per heavy atom. The van der Waals surface area contributed by atoms with Gasteiger partial charge in [-0.15, -0.1) is 0 Å². The molecule has 2 heterocycles. The van der Waals surface area contributed by atoms with Gasteiger partial charge in [-0.1, -0.05) is 30.3 Å². The van der Waals surface area contributed by atoms with E-state index in [1.54, 1.807) is 13.1 Å². The van der Waals surface area contributed by atoms with Gasteiger partial charge in [-0.3, -0.25) is 4.90 Å². The van der Waals surface area contributed by atoms with Gasteiger partial charge in [-0.2, -0.15) is 0 Å². The first kappa shape index (κ1) is 16.5. The third-order valence-electron chi connectivity index (χ3n) is 4.07. The molecule has 128 valence electrons. The van der Waals surface area contributed by atoms with Gasteiger partial charge in [0.25, 0.3) is 0 Å². The highest BCUT2D eigenvalue weighted by Gasteiger charge is 2.23. The molecule has 0 aliphatic carbocycles.